The van der Waals surface area contributed by atoms with Gasteiger partial charge >= 0.3 is 5.97 Å². The summed E-state index contributed by atoms with van der Waals surface area (Å²) in [5.74, 6) is -1.48. The van der Waals surface area contributed by atoms with Crippen molar-refractivity contribution < 1.29 is 23.1 Å². The quantitative estimate of drug-likeness (QED) is 0.698. The van der Waals surface area contributed by atoms with Gasteiger partial charge in [0.25, 0.3) is 0 Å². The number of carboxylic acids is 1. The summed E-state index contributed by atoms with van der Waals surface area (Å²) in [6.45, 7) is 1.23. The Bertz CT molecular complexity index is 468. The summed E-state index contributed by atoms with van der Waals surface area (Å²) >= 11 is 0. The Balaban J connectivity index is 2.66. The van der Waals surface area contributed by atoms with Crippen LogP contribution in [-0.2, 0) is 19.6 Å². The molecule has 0 atom stereocenters. The number of carboxylic acid groups (broad SMARTS) is 1. The van der Waals surface area contributed by atoms with Crippen LogP contribution in [0.2, 0.25) is 0 Å². The van der Waals surface area contributed by atoms with Gasteiger partial charge in [-0.1, -0.05) is 12.8 Å². The molecular formula is C12H22N2O5S. The fourth-order valence-electron chi connectivity index (χ4n) is 2.54. The number of nitrogens with one attached hydrogen (secondary N) is 1. The van der Waals surface area contributed by atoms with Gasteiger partial charge in [-0.25, -0.2) is 8.42 Å². The topological polar surface area (TPSA) is 104 Å². The van der Waals surface area contributed by atoms with E-state index in [1.54, 1.807) is 0 Å². The largest absolute Gasteiger partial charge is 0.481 e. The molecule has 0 spiro atoms. The number of aliphatic carboxylic acids is 1. The predicted octanol–water partition coefficient (Wildman–Crippen LogP) is 0.172. The predicted molar refractivity (Wildman–Crippen MR) is 73.7 cm³/mol. The lowest BCUT2D eigenvalue weighted by molar-refractivity contribution is -0.139. The maximum absolute atomic E-state index is 11.9. The molecular weight excluding hydrogens is 284 g/mol. The van der Waals surface area contributed by atoms with Crippen LogP contribution in [-0.4, -0.2) is 54.6 Å². The Kier molecular flexibility index (Phi) is 5.52. The minimum atomic E-state index is -3.41. The Hall–Kier alpha value is -1.15. The number of amides is 1. The highest BCUT2D eigenvalue weighted by molar-refractivity contribution is 7.89. The average Bonchev–Trinajstić information content (AvgIpc) is 2.75. The fourth-order valence-corrected chi connectivity index (χ4v) is 3.30. The van der Waals surface area contributed by atoms with Gasteiger partial charge in [0.1, 0.15) is 0 Å². The summed E-state index contributed by atoms with van der Waals surface area (Å²) in [7, 11) is -2.07. The third-order valence-corrected chi connectivity index (χ3v) is 5.47. The summed E-state index contributed by atoms with van der Waals surface area (Å²) in [6.07, 6.45) is 2.86. The van der Waals surface area contributed by atoms with Gasteiger partial charge in [-0.2, -0.15) is 4.31 Å². The lowest BCUT2D eigenvalue weighted by atomic mass is 9.93. The van der Waals surface area contributed by atoms with Gasteiger partial charge in [0.15, 0.2) is 0 Å². The average molecular weight is 306 g/mol. The zero-order chi connectivity index (χ0) is 15.4. The van der Waals surface area contributed by atoms with Crippen molar-refractivity contribution in [2.45, 2.75) is 44.6 Å². The highest BCUT2D eigenvalue weighted by Crippen LogP contribution is 2.32. The van der Waals surface area contributed by atoms with E-state index >= 15 is 0 Å². The van der Waals surface area contributed by atoms with Crippen molar-refractivity contribution in [2.75, 3.05) is 19.3 Å². The number of carbonyl (C=O) groups is 2. The zero-order valence-electron chi connectivity index (χ0n) is 11.9. The molecule has 0 bridgehead atoms. The van der Waals surface area contributed by atoms with Crippen LogP contribution in [0.15, 0.2) is 0 Å². The van der Waals surface area contributed by atoms with E-state index in [2.05, 4.69) is 5.32 Å². The first kappa shape index (κ1) is 16.9. The number of hydrogen-bond acceptors (Lipinski definition) is 4. The van der Waals surface area contributed by atoms with E-state index in [-0.39, 0.29) is 18.7 Å². The molecule has 20 heavy (non-hydrogen) atoms. The van der Waals surface area contributed by atoms with Crippen molar-refractivity contribution >= 4 is 21.9 Å². The monoisotopic (exact) mass is 306 g/mol. The normalized spacial score (nSPS) is 18.1. The number of hydrogen-bond donors (Lipinski definition) is 2. The third-order valence-electron chi connectivity index (χ3n) is 3.66. The summed E-state index contributed by atoms with van der Waals surface area (Å²) in [5.41, 5.74) is -0.722. The number of nitrogens with zero attached hydrogens (tertiary/aromatic N) is 1. The lowest BCUT2D eigenvalue weighted by Crippen LogP contribution is -2.51. The molecule has 2 N–H and O–H groups in total. The fraction of sp³-hybridized carbons (Fsp3) is 0.833. The molecule has 1 aliphatic carbocycles. The molecule has 0 aliphatic heterocycles. The maximum Gasteiger partial charge on any atom is 0.305 e. The van der Waals surface area contributed by atoms with E-state index in [1.807, 2.05) is 0 Å². The Morgan fingerprint density at radius 2 is 1.85 bits per heavy atom. The van der Waals surface area contributed by atoms with E-state index in [1.165, 1.54) is 14.0 Å². The van der Waals surface area contributed by atoms with E-state index < -0.39 is 27.4 Å². The van der Waals surface area contributed by atoms with Crippen LogP contribution in [0.4, 0.5) is 0 Å². The molecule has 1 saturated carbocycles. The molecule has 0 heterocycles. The first-order valence-electron chi connectivity index (χ1n) is 6.67. The van der Waals surface area contributed by atoms with Crippen molar-refractivity contribution in [3.63, 3.8) is 0 Å². The molecule has 1 aliphatic rings. The maximum atomic E-state index is 11.9. The van der Waals surface area contributed by atoms with Crippen LogP contribution in [0.1, 0.15) is 39.0 Å². The lowest BCUT2D eigenvalue weighted by Gasteiger charge is -2.29. The Morgan fingerprint density at radius 1 is 1.30 bits per heavy atom. The molecule has 1 amide bonds. The smallest absolute Gasteiger partial charge is 0.305 e. The third kappa shape index (κ3) is 4.45. The molecule has 0 aromatic heterocycles. The second kappa shape index (κ2) is 6.53. The van der Waals surface area contributed by atoms with Crippen molar-refractivity contribution in [2.24, 2.45) is 0 Å². The summed E-state index contributed by atoms with van der Waals surface area (Å²) in [4.78, 5) is 22.9. The molecule has 1 rings (SSSR count). The standard InChI is InChI=1S/C12H22N2O5S/c1-3-20(18,19)14(2)9-10(15)13-12(8-11(16)17)6-4-5-7-12/h3-9H2,1-2H3,(H,13,15)(H,16,17). The minimum absolute atomic E-state index is 0.0724. The van der Waals surface area contributed by atoms with Gasteiger partial charge in [-0.3, -0.25) is 9.59 Å². The molecule has 0 aromatic carbocycles. The molecule has 8 heteroatoms. The van der Waals surface area contributed by atoms with Crippen molar-refractivity contribution in [1.82, 2.24) is 9.62 Å². The first-order valence-corrected chi connectivity index (χ1v) is 8.28. The van der Waals surface area contributed by atoms with Crippen molar-refractivity contribution in [3.8, 4) is 0 Å². The van der Waals surface area contributed by atoms with E-state index in [0.717, 1.165) is 17.1 Å². The summed E-state index contributed by atoms with van der Waals surface area (Å²) in [6, 6.07) is 0. The Labute approximate surface area is 119 Å². The molecule has 116 valence electrons. The van der Waals surface area contributed by atoms with Gasteiger partial charge in [0.05, 0.1) is 24.3 Å². The van der Waals surface area contributed by atoms with E-state index in [0.29, 0.717) is 12.8 Å². The van der Waals surface area contributed by atoms with E-state index in [4.69, 9.17) is 5.11 Å². The number of sulfonamides is 1. The van der Waals surface area contributed by atoms with Crippen molar-refractivity contribution in [1.29, 1.82) is 0 Å². The second-order valence-corrected chi connectivity index (χ2v) is 7.63. The number of carbonyl (C=O) groups excluding carboxylic acids is 1. The molecule has 7 nitrogen and oxygen atoms in total. The van der Waals surface area contributed by atoms with Gasteiger partial charge in [0, 0.05) is 7.05 Å². The highest BCUT2D eigenvalue weighted by atomic mass is 32.2. The minimum Gasteiger partial charge on any atom is -0.481 e. The summed E-state index contributed by atoms with van der Waals surface area (Å²) in [5, 5.41) is 11.7. The second-order valence-electron chi connectivity index (χ2n) is 5.26. The first-order chi connectivity index (χ1) is 9.21. The van der Waals surface area contributed by atoms with Crippen LogP contribution in [0, 0.1) is 0 Å². The molecule has 0 saturated heterocycles. The van der Waals surface area contributed by atoms with Gasteiger partial charge < -0.3 is 10.4 Å². The zero-order valence-corrected chi connectivity index (χ0v) is 12.7. The van der Waals surface area contributed by atoms with Gasteiger partial charge in [-0.05, 0) is 19.8 Å². The van der Waals surface area contributed by atoms with Crippen LogP contribution in [0.5, 0.6) is 0 Å². The van der Waals surface area contributed by atoms with Crippen LogP contribution >= 0.6 is 0 Å². The Morgan fingerprint density at radius 3 is 2.30 bits per heavy atom. The SMILES string of the molecule is CCS(=O)(=O)N(C)CC(=O)NC1(CC(=O)O)CCCC1. The van der Waals surface area contributed by atoms with Gasteiger partial charge in [0.2, 0.25) is 15.9 Å². The molecule has 0 unspecified atom stereocenters. The van der Waals surface area contributed by atoms with E-state index in [9.17, 15) is 18.0 Å². The van der Waals surface area contributed by atoms with Crippen LogP contribution < -0.4 is 5.32 Å². The highest BCUT2D eigenvalue weighted by Gasteiger charge is 2.37. The summed E-state index contributed by atoms with van der Waals surface area (Å²) < 4.78 is 24.2. The number of likely N-dealkylation sites (N-methyl/N-ethyl adjacent to an activating group) is 1. The molecule has 1 fully saturated rings. The van der Waals surface area contributed by atoms with Crippen LogP contribution in [0.3, 0.4) is 0 Å². The molecule has 0 aromatic rings. The van der Waals surface area contributed by atoms with Gasteiger partial charge in [-0.15, -0.1) is 0 Å². The molecule has 0 radical (unpaired) electrons. The van der Waals surface area contributed by atoms with Crippen LogP contribution in [0.25, 0.3) is 0 Å². The van der Waals surface area contributed by atoms with Crippen molar-refractivity contribution in [3.05, 3.63) is 0 Å². The number of rotatable bonds is 7.